The van der Waals surface area contributed by atoms with Gasteiger partial charge in [-0.1, -0.05) is 0 Å². The largest absolute Gasteiger partial charge is 0.493 e. The van der Waals surface area contributed by atoms with E-state index >= 15 is 0 Å². The highest BCUT2D eigenvalue weighted by atomic mass is 79.9. The number of hydrogen-bond donors (Lipinski definition) is 0. The van der Waals surface area contributed by atoms with E-state index in [1.54, 1.807) is 32.7 Å². The number of halogens is 2. The van der Waals surface area contributed by atoms with Gasteiger partial charge in [0.25, 0.3) is 0 Å². The van der Waals surface area contributed by atoms with Crippen LogP contribution in [0.4, 0.5) is 0 Å². The third-order valence-electron chi connectivity index (χ3n) is 3.13. The topological polar surface area (TPSA) is 27.7 Å². The molecule has 1 atom stereocenters. The molecule has 114 valence electrons. The van der Waals surface area contributed by atoms with E-state index < -0.39 is 0 Å². The van der Waals surface area contributed by atoms with Crippen molar-refractivity contribution in [3.05, 3.63) is 38.0 Å². The van der Waals surface area contributed by atoms with Crippen molar-refractivity contribution in [3.63, 3.8) is 0 Å². The van der Waals surface area contributed by atoms with Gasteiger partial charge < -0.3 is 14.2 Å². The van der Waals surface area contributed by atoms with Gasteiger partial charge in [-0.2, -0.15) is 0 Å². The van der Waals surface area contributed by atoms with Gasteiger partial charge in [-0.05, 0) is 46.6 Å². The smallest absolute Gasteiger partial charge is 0.203 e. The van der Waals surface area contributed by atoms with E-state index in [-0.39, 0.29) is 5.38 Å². The second-order valence-electron chi connectivity index (χ2n) is 4.39. The number of ether oxygens (including phenoxy) is 3. The molecule has 1 unspecified atom stereocenters. The predicted octanol–water partition coefficient (Wildman–Crippen LogP) is 5.17. The normalized spacial score (nSPS) is 12.1. The highest BCUT2D eigenvalue weighted by Crippen LogP contribution is 2.47. The molecule has 0 aliphatic rings. The third-order valence-corrected chi connectivity index (χ3v) is 5.93. The maximum Gasteiger partial charge on any atom is 0.203 e. The first-order valence-corrected chi connectivity index (χ1v) is 8.26. The first kappa shape index (κ1) is 16.5. The van der Waals surface area contributed by atoms with Crippen LogP contribution in [-0.4, -0.2) is 21.3 Å². The van der Waals surface area contributed by atoms with Crippen LogP contribution < -0.4 is 14.2 Å². The Balaban J connectivity index is 2.52. The Labute approximate surface area is 141 Å². The van der Waals surface area contributed by atoms with Crippen molar-refractivity contribution in [2.75, 3.05) is 21.3 Å². The summed E-state index contributed by atoms with van der Waals surface area (Å²) in [5.74, 6) is 1.76. The van der Waals surface area contributed by atoms with Crippen molar-refractivity contribution in [3.8, 4) is 17.2 Å². The maximum absolute atomic E-state index is 6.64. The second kappa shape index (κ2) is 6.90. The molecule has 1 aromatic heterocycles. The summed E-state index contributed by atoms with van der Waals surface area (Å²) in [5, 5.41) is -0.310. The molecular weight excluding hydrogens is 376 g/mol. The minimum atomic E-state index is -0.310. The third kappa shape index (κ3) is 3.15. The van der Waals surface area contributed by atoms with Crippen LogP contribution in [0, 0.1) is 6.92 Å². The number of thiophene rings is 1. The maximum atomic E-state index is 6.64. The van der Waals surface area contributed by atoms with Crippen LogP contribution >= 0.6 is 38.9 Å². The van der Waals surface area contributed by atoms with Crippen LogP contribution in [0.3, 0.4) is 0 Å². The fourth-order valence-corrected chi connectivity index (χ4v) is 4.02. The van der Waals surface area contributed by atoms with Gasteiger partial charge in [-0.3, -0.25) is 0 Å². The zero-order chi connectivity index (χ0) is 15.6. The van der Waals surface area contributed by atoms with Gasteiger partial charge in [-0.15, -0.1) is 22.9 Å². The van der Waals surface area contributed by atoms with Gasteiger partial charge in [0, 0.05) is 10.4 Å². The van der Waals surface area contributed by atoms with Crippen molar-refractivity contribution >= 4 is 38.9 Å². The SMILES string of the molecule is COc1ccc(C(Cl)c2cc(C)c(Br)s2)c(OC)c1OC. The van der Waals surface area contributed by atoms with Gasteiger partial charge in [0.15, 0.2) is 11.5 Å². The molecule has 3 nitrogen and oxygen atoms in total. The number of rotatable bonds is 5. The fraction of sp³-hybridized carbons (Fsp3) is 0.333. The molecule has 2 aromatic rings. The number of benzene rings is 1. The lowest BCUT2D eigenvalue weighted by molar-refractivity contribution is 0.322. The minimum absolute atomic E-state index is 0.310. The molecule has 0 saturated heterocycles. The molecule has 1 aromatic carbocycles. The summed E-state index contributed by atoms with van der Waals surface area (Å²) in [6.07, 6.45) is 0. The number of hydrogen-bond acceptors (Lipinski definition) is 4. The van der Waals surface area contributed by atoms with Crippen molar-refractivity contribution < 1.29 is 14.2 Å². The standard InChI is InChI=1S/C15H16BrClO3S/c1-8-7-11(21-15(8)16)12(17)9-5-6-10(18-2)14(20-4)13(9)19-3/h5-7,12H,1-4H3. The first-order chi connectivity index (χ1) is 10.0. The van der Waals surface area contributed by atoms with E-state index in [0.717, 1.165) is 14.2 Å². The van der Waals surface area contributed by atoms with Crippen molar-refractivity contribution in [2.24, 2.45) is 0 Å². The molecular formula is C15H16BrClO3S. The van der Waals surface area contributed by atoms with E-state index in [1.807, 2.05) is 19.1 Å². The average Bonchev–Trinajstić information content (AvgIpc) is 2.84. The molecule has 0 amide bonds. The van der Waals surface area contributed by atoms with E-state index in [4.69, 9.17) is 25.8 Å². The highest BCUT2D eigenvalue weighted by Gasteiger charge is 2.23. The molecule has 21 heavy (non-hydrogen) atoms. The van der Waals surface area contributed by atoms with E-state index in [9.17, 15) is 0 Å². The van der Waals surface area contributed by atoms with Crippen LogP contribution in [0.2, 0.25) is 0 Å². The lowest BCUT2D eigenvalue weighted by Gasteiger charge is -2.18. The van der Waals surface area contributed by atoms with Crippen LogP contribution in [0.5, 0.6) is 17.2 Å². The Kier molecular flexibility index (Phi) is 5.41. The lowest BCUT2D eigenvalue weighted by Crippen LogP contribution is -2.00. The van der Waals surface area contributed by atoms with Gasteiger partial charge in [0.05, 0.1) is 30.5 Å². The molecule has 0 spiro atoms. The van der Waals surface area contributed by atoms with Crippen molar-refractivity contribution in [1.82, 2.24) is 0 Å². The van der Waals surface area contributed by atoms with Crippen LogP contribution in [-0.2, 0) is 0 Å². The van der Waals surface area contributed by atoms with Gasteiger partial charge in [-0.25, -0.2) is 0 Å². The molecule has 0 fully saturated rings. The molecule has 0 aliphatic carbocycles. The second-order valence-corrected chi connectivity index (χ2v) is 7.23. The van der Waals surface area contributed by atoms with Gasteiger partial charge in [0.1, 0.15) is 0 Å². The first-order valence-electron chi connectivity index (χ1n) is 6.22. The van der Waals surface area contributed by atoms with Crippen LogP contribution in [0.1, 0.15) is 21.4 Å². The summed E-state index contributed by atoms with van der Waals surface area (Å²) in [4.78, 5) is 1.05. The Morgan fingerprint density at radius 1 is 1.10 bits per heavy atom. The molecule has 2 rings (SSSR count). The minimum Gasteiger partial charge on any atom is -0.493 e. The monoisotopic (exact) mass is 390 g/mol. The average molecular weight is 392 g/mol. The van der Waals surface area contributed by atoms with E-state index in [1.165, 1.54) is 5.56 Å². The Bertz CT molecular complexity index is 623. The van der Waals surface area contributed by atoms with E-state index in [2.05, 4.69) is 22.0 Å². The Morgan fingerprint density at radius 2 is 1.76 bits per heavy atom. The summed E-state index contributed by atoms with van der Waals surface area (Å²) >= 11 is 11.8. The molecule has 0 radical (unpaired) electrons. The van der Waals surface area contributed by atoms with Crippen molar-refractivity contribution in [1.29, 1.82) is 0 Å². The fourth-order valence-electron chi connectivity index (χ4n) is 2.09. The predicted molar refractivity (Wildman–Crippen MR) is 90.6 cm³/mol. The Hall–Kier alpha value is -0.910. The molecule has 1 heterocycles. The van der Waals surface area contributed by atoms with Gasteiger partial charge >= 0.3 is 0 Å². The number of aryl methyl sites for hydroxylation is 1. The molecule has 0 saturated carbocycles. The van der Waals surface area contributed by atoms with Crippen LogP contribution in [0.15, 0.2) is 22.0 Å². The summed E-state index contributed by atoms with van der Waals surface area (Å²) < 4.78 is 17.3. The lowest BCUT2D eigenvalue weighted by atomic mass is 10.1. The number of methoxy groups -OCH3 is 3. The number of alkyl halides is 1. The van der Waals surface area contributed by atoms with Crippen molar-refractivity contribution in [2.45, 2.75) is 12.3 Å². The quantitative estimate of drug-likeness (QED) is 0.658. The summed E-state index contributed by atoms with van der Waals surface area (Å²) in [6.45, 7) is 2.04. The van der Waals surface area contributed by atoms with E-state index in [0.29, 0.717) is 17.2 Å². The van der Waals surface area contributed by atoms with Gasteiger partial charge in [0.2, 0.25) is 5.75 Å². The zero-order valence-corrected chi connectivity index (χ0v) is 15.4. The summed E-state index contributed by atoms with van der Waals surface area (Å²) in [7, 11) is 4.77. The molecule has 6 heteroatoms. The zero-order valence-electron chi connectivity index (χ0n) is 12.2. The Morgan fingerprint density at radius 3 is 2.24 bits per heavy atom. The van der Waals surface area contributed by atoms with Crippen LogP contribution in [0.25, 0.3) is 0 Å². The molecule has 0 N–H and O–H groups in total. The molecule has 0 bridgehead atoms. The summed E-state index contributed by atoms with van der Waals surface area (Å²) in [5.41, 5.74) is 2.02. The highest BCUT2D eigenvalue weighted by molar-refractivity contribution is 9.11. The molecule has 0 aliphatic heterocycles. The summed E-state index contributed by atoms with van der Waals surface area (Å²) in [6, 6.07) is 5.81.